The van der Waals surface area contributed by atoms with Crippen LogP contribution < -0.4 is 10.1 Å². The first-order valence-electron chi connectivity index (χ1n) is 11.7. The summed E-state index contributed by atoms with van der Waals surface area (Å²) < 4.78 is 11.4. The Morgan fingerprint density at radius 1 is 1.21 bits per heavy atom. The molecule has 178 valence electrons. The summed E-state index contributed by atoms with van der Waals surface area (Å²) in [5, 5.41) is 2.85. The molecule has 7 heteroatoms. The topological polar surface area (TPSA) is 84.7 Å². The first-order valence-corrected chi connectivity index (χ1v) is 11.7. The van der Waals surface area contributed by atoms with E-state index < -0.39 is 0 Å². The minimum absolute atomic E-state index is 0.0461. The maximum absolute atomic E-state index is 12.4. The van der Waals surface area contributed by atoms with Gasteiger partial charge in [0.25, 0.3) is 5.91 Å². The monoisotopic (exact) mass is 461 g/mol. The van der Waals surface area contributed by atoms with E-state index in [2.05, 4.69) is 30.2 Å². The summed E-state index contributed by atoms with van der Waals surface area (Å²) in [6, 6.07) is 15.9. The van der Waals surface area contributed by atoms with E-state index in [1.807, 2.05) is 47.4 Å². The van der Waals surface area contributed by atoms with E-state index in [1.165, 1.54) is 11.8 Å². The predicted molar refractivity (Wildman–Crippen MR) is 128 cm³/mol. The fraction of sp³-hybridized carbons (Fsp3) is 0.370. The summed E-state index contributed by atoms with van der Waals surface area (Å²) >= 11 is 0. The highest BCUT2D eigenvalue weighted by Gasteiger charge is 2.30. The predicted octanol–water partition coefficient (Wildman–Crippen LogP) is 4.52. The van der Waals surface area contributed by atoms with Gasteiger partial charge in [-0.25, -0.2) is 4.98 Å². The van der Waals surface area contributed by atoms with Gasteiger partial charge in [0.15, 0.2) is 12.3 Å². The molecule has 1 N–H and O–H groups in total. The van der Waals surface area contributed by atoms with Crippen molar-refractivity contribution in [2.24, 2.45) is 5.92 Å². The van der Waals surface area contributed by atoms with Crippen molar-refractivity contribution in [2.75, 3.05) is 13.1 Å². The van der Waals surface area contributed by atoms with E-state index in [1.54, 1.807) is 6.92 Å². The number of amides is 2. The Morgan fingerprint density at radius 3 is 2.74 bits per heavy atom. The van der Waals surface area contributed by atoms with Gasteiger partial charge in [-0.2, -0.15) is 0 Å². The number of nitrogens with one attached hydrogen (secondary N) is 1. The zero-order valence-corrected chi connectivity index (χ0v) is 19.9. The van der Waals surface area contributed by atoms with Gasteiger partial charge in [0, 0.05) is 20.0 Å². The summed E-state index contributed by atoms with van der Waals surface area (Å²) in [5.74, 6) is 1.30. The molecule has 0 spiro atoms. The molecule has 0 bridgehead atoms. The SMILES string of the molecule is CC(=O)N1CCc2ccc(OCc3nc(C(=O)NCCC(C)C)co3)cc2C1c1ccccc1. The number of oxazole rings is 1. The molecule has 0 fully saturated rings. The third kappa shape index (κ3) is 5.47. The van der Waals surface area contributed by atoms with E-state index in [-0.39, 0.29) is 30.2 Å². The van der Waals surface area contributed by atoms with Crippen LogP contribution in [0.1, 0.15) is 66.3 Å². The molecule has 2 heterocycles. The number of hydrogen-bond acceptors (Lipinski definition) is 5. The van der Waals surface area contributed by atoms with Gasteiger partial charge in [-0.05, 0) is 47.6 Å². The highest BCUT2D eigenvalue weighted by atomic mass is 16.5. The van der Waals surface area contributed by atoms with Gasteiger partial charge in [0.2, 0.25) is 11.8 Å². The van der Waals surface area contributed by atoms with Gasteiger partial charge >= 0.3 is 0 Å². The van der Waals surface area contributed by atoms with Crippen LogP contribution >= 0.6 is 0 Å². The molecule has 2 aromatic carbocycles. The second kappa shape index (κ2) is 10.5. The van der Waals surface area contributed by atoms with Crippen molar-refractivity contribution < 1.29 is 18.7 Å². The molecule has 0 aliphatic carbocycles. The van der Waals surface area contributed by atoms with Gasteiger partial charge in [-0.15, -0.1) is 0 Å². The van der Waals surface area contributed by atoms with Crippen molar-refractivity contribution in [1.29, 1.82) is 0 Å². The molecule has 0 radical (unpaired) electrons. The van der Waals surface area contributed by atoms with E-state index in [0.29, 0.717) is 30.6 Å². The van der Waals surface area contributed by atoms with Crippen molar-refractivity contribution >= 4 is 11.8 Å². The number of fused-ring (bicyclic) bond motifs is 1. The lowest BCUT2D eigenvalue weighted by atomic mass is 9.88. The summed E-state index contributed by atoms with van der Waals surface area (Å²) in [6.45, 7) is 7.21. The molecule has 1 aliphatic heterocycles. The fourth-order valence-electron chi connectivity index (χ4n) is 4.21. The smallest absolute Gasteiger partial charge is 0.273 e. The maximum Gasteiger partial charge on any atom is 0.273 e. The number of hydrogen-bond donors (Lipinski definition) is 1. The molecule has 2 amide bonds. The second-order valence-electron chi connectivity index (χ2n) is 8.99. The summed E-state index contributed by atoms with van der Waals surface area (Å²) in [5.41, 5.74) is 3.57. The van der Waals surface area contributed by atoms with Gasteiger partial charge in [0.1, 0.15) is 12.0 Å². The Bertz CT molecular complexity index is 1140. The number of nitrogens with zero attached hydrogens (tertiary/aromatic N) is 2. The van der Waals surface area contributed by atoms with Crippen LogP contribution in [-0.4, -0.2) is 34.8 Å². The number of carbonyl (C=O) groups excluding carboxylic acids is 2. The van der Waals surface area contributed by atoms with Crippen LogP contribution in [0, 0.1) is 5.92 Å². The summed E-state index contributed by atoms with van der Waals surface area (Å²) in [7, 11) is 0. The molecule has 7 nitrogen and oxygen atoms in total. The quantitative estimate of drug-likeness (QED) is 0.533. The molecule has 3 aromatic rings. The normalized spacial score (nSPS) is 15.2. The Kier molecular flexibility index (Phi) is 7.30. The van der Waals surface area contributed by atoms with Crippen molar-refractivity contribution in [1.82, 2.24) is 15.2 Å². The van der Waals surface area contributed by atoms with E-state index >= 15 is 0 Å². The van der Waals surface area contributed by atoms with Gasteiger partial charge in [-0.1, -0.05) is 50.2 Å². The zero-order valence-electron chi connectivity index (χ0n) is 19.9. The van der Waals surface area contributed by atoms with Crippen molar-refractivity contribution in [2.45, 2.75) is 46.3 Å². The second-order valence-corrected chi connectivity index (χ2v) is 8.99. The van der Waals surface area contributed by atoms with Crippen LogP contribution in [0.4, 0.5) is 0 Å². The van der Waals surface area contributed by atoms with Crippen LogP contribution in [0.25, 0.3) is 0 Å². The molecule has 0 saturated carbocycles. The Hall–Kier alpha value is -3.61. The number of carbonyl (C=O) groups is 2. The fourth-order valence-corrected chi connectivity index (χ4v) is 4.21. The van der Waals surface area contributed by atoms with Crippen molar-refractivity contribution in [3.05, 3.63) is 83.1 Å². The van der Waals surface area contributed by atoms with Crippen LogP contribution in [-0.2, 0) is 17.8 Å². The molecule has 1 aromatic heterocycles. The summed E-state index contributed by atoms with van der Waals surface area (Å²) in [6.07, 6.45) is 3.06. The minimum Gasteiger partial charge on any atom is -0.484 e. The van der Waals surface area contributed by atoms with Crippen LogP contribution in [0.5, 0.6) is 5.75 Å². The number of benzene rings is 2. The van der Waals surface area contributed by atoms with Crippen LogP contribution in [0.3, 0.4) is 0 Å². The highest BCUT2D eigenvalue weighted by Crippen LogP contribution is 2.37. The molecular weight excluding hydrogens is 430 g/mol. The Morgan fingerprint density at radius 2 is 2.00 bits per heavy atom. The molecule has 1 aliphatic rings. The maximum atomic E-state index is 12.4. The molecule has 34 heavy (non-hydrogen) atoms. The standard InChI is InChI=1S/C27H31N3O4/c1-18(2)11-13-28-27(32)24-16-34-25(29-24)17-33-22-10-9-20-12-14-30(19(3)31)26(23(20)15-22)21-7-5-4-6-8-21/h4-10,15-16,18,26H,11-14,17H2,1-3H3,(H,28,32). The number of aromatic nitrogens is 1. The van der Waals surface area contributed by atoms with Gasteiger partial charge < -0.3 is 19.4 Å². The molecule has 4 rings (SSSR count). The average molecular weight is 462 g/mol. The minimum atomic E-state index is -0.251. The lowest BCUT2D eigenvalue weighted by Crippen LogP contribution is -2.39. The van der Waals surface area contributed by atoms with Crippen LogP contribution in [0.2, 0.25) is 0 Å². The first kappa shape index (κ1) is 23.5. The van der Waals surface area contributed by atoms with Crippen molar-refractivity contribution in [3.63, 3.8) is 0 Å². The van der Waals surface area contributed by atoms with Crippen molar-refractivity contribution in [3.8, 4) is 5.75 Å². The molecular formula is C27H31N3O4. The summed E-state index contributed by atoms with van der Waals surface area (Å²) in [4.78, 5) is 30.8. The Balaban J connectivity index is 1.47. The largest absolute Gasteiger partial charge is 0.484 e. The van der Waals surface area contributed by atoms with Gasteiger partial charge in [0.05, 0.1) is 6.04 Å². The third-order valence-corrected chi connectivity index (χ3v) is 6.02. The van der Waals surface area contributed by atoms with Crippen LogP contribution in [0.15, 0.2) is 59.2 Å². The molecule has 1 unspecified atom stereocenters. The number of ether oxygens (including phenoxy) is 1. The third-order valence-electron chi connectivity index (χ3n) is 6.02. The molecule has 0 saturated heterocycles. The van der Waals surface area contributed by atoms with E-state index in [4.69, 9.17) is 9.15 Å². The van der Waals surface area contributed by atoms with Gasteiger partial charge in [-0.3, -0.25) is 9.59 Å². The lowest BCUT2D eigenvalue weighted by molar-refractivity contribution is -0.130. The zero-order chi connectivity index (χ0) is 24.1. The van der Waals surface area contributed by atoms with E-state index in [0.717, 1.165) is 24.0 Å². The Labute approximate surface area is 200 Å². The molecule has 1 atom stereocenters. The highest BCUT2D eigenvalue weighted by molar-refractivity contribution is 5.91. The first-order chi connectivity index (χ1) is 16.4. The number of rotatable bonds is 8. The average Bonchev–Trinajstić information content (AvgIpc) is 3.31. The van der Waals surface area contributed by atoms with E-state index in [9.17, 15) is 9.59 Å². The lowest BCUT2D eigenvalue weighted by Gasteiger charge is -2.37.